The minimum atomic E-state index is 0.835. The molecule has 0 atom stereocenters. The van der Waals surface area contributed by atoms with Crippen LogP contribution >= 0.6 is 0 Å². The summed E-state index contributed by atoms with van der Waals surface area (Å²) in [6, 6.07) is 0. The minimum absolute atomic E-state index is 0.835. The molecule has 0 radical (unpaired) electrons. The highest BCUT2D eigenvalue weighted by Gasteiger charge is 1.43. The Hall–Kier alpha value is -0.940. The lowest BCUT2D eigenvalue weighted by Crippen LogP contribution is -1.38. The summed E-state index contributed by atoms with van der Waals surface area (Å²) in [7, 11) is 0. The Balaban J connectivity index is 3.46. The lowest BCUT2D eigenvalue weighted by molar-refractivity contribution is 0.475. The van der Waals surface area contributed by atoms with Crippen LogP contribution in [0.2, 0.25) is 0 Å². The van der Waals surface area contributed by atoms with Crippen LogP contribution in [0.3, 0.4) is 0 Å². The highest BCUT2D eigenvalue weighted by atomic mass is 16.2. The van der Waals surface area contributed by atoms with E-state index in [1.54, 1.807) is 0 Å². The predicted octanol–water partition coefficient (Wildman–Crippen LogP) is 1.40. The zero-order chi connectivity index (χ0) is 4.83. The van der Waals surface area contributed by atoms with Crippen molar-refractivity contribution in [2.75, 3.05) is 0 Å². The van der Waals surface area contributed by atoms with Crippen molar-refractivity contribution < 1.29 is 5.11 Å². The average Bonchev–Trinajstić information content (AvgIpc) is 1.61. The van der Waals surface area contributed by atoms with Gasteiger partial charge in [-0.3, -0.25) is 0 Å². The molecule has 6 heavy (non-hydrogen) atoms. The van der Waals surface area contributed by atoms with Crippen molar-refractivity contribution in [3.05, 3.63) is 30.7 Å². The van der Waals surface area contributed by atoms with Crippen molar-refractivity contribution in [3.8, 4) is 0 Å². The molecule has 0 bridgehead atoms. The summed E-state index contributed by atoms with van der Waals surface area (Å²) in [5.74, 6) is 0. The van der Waals surface area contributed by atoms with Crippen LogP contribution in [0.5, 0.6) is 0 Å². The molecule has 0 unspecified atom stereocenters. The third kappa shape index (κ3) is 3.06. The molecule has 0 saturated carbocycles. The summed E-state index contributed by atoms with van der Waals surface area (Å²) in [5, 5.41) is 7.88. The van der Waals surface area contributed by atoms with E-state index in [0.717, 1.165) is 6.26 Å². The molecular formula is C5H6O. The Labute approximate surface area is 36.9 Å². The fourth-order valence-corrected chi connectivity index (χ4v) is 0.111. The maximum absolute atomic E-state index is 7.88. The normalized spacial score (nSPS) is 5.33. The topological polar surface area (TPSA) is 20.2 Å². The van der Waals surface area contributed by atoms with Gasteiger partial charge in [0.15, 0.2) is 0 Å². The summed E-state index contributed by atoms with van der Waals surface area (Å²) in [6.45, 7) is 3.35. The quantitative estimate of drug-likeness (QED) is 0.288. The Morgan fingerprint density at radius 3 is 2.50 bits per heavy atom. The van der Waals surface area contributed by atoms with Gasteiger partial charge in [-0.2, -0.15) is 0 Å². The fourth-order valence-electron chi connectivity index (χ4n) is 0.111. The molecular weight excluding hydrogens is 76.1 g/mol. The molecule has 0 rings (SSSR count). The van der Waals surface area contributed by atoms with Crippen molar-refractivity contribution in [2.24, 2.45) is 0 Å². The van der Waals surface area contributed by atoms with Gasteiger partial charge in [0.1, 0.15) is 6.26 Å². The van der Waals surface area contributed by atoms with Crippen molar-refractivity contribution in [3.63, 3.8) is 0 Å². The third-order valence-electron chi connectivity index (χ3n) is 0.289. The molecule has 0 spiro atoms. The maximum atomic E-state index is 7.88. The smallest absolute Gasteiger partial charge is 0.121 e. The predicted molar refractivity (Wildman–Crippen MR) is 25.5 cm³/mol. The summed E-state index contributed by atoms with van der Waals surface area (Å²) in [5.41, 5.74) is 2.39. The standard InChI is InChI=1S/C5H6O/c1-2-3-4-5-6/h2-3,5-6H,1H2. The van der Waals surface area contributed by atoms with Gasteiger partial charge in [-0.05, 0) is 6.08 Å². The van der Waals surface area contributed by atoms with Crippen molar-refractivity contribution in [1.82, 2.24) is 0 Å². The van der Waals surface area contributed by atoms with Crippen LogP contribution in [0.15, 0.2) is 30.7 Å². The monoisotopic (exact) mass is 82.0 g/mol. The van der Waals surface area contributed by atoms with E-state index >= 15 is 0 Å². The number of aliphatic hydroxyl groups is 1. The first-order chi connectivity index (χ1) is 2.91. The largest absolute Gasteiger partial charge is 0.507 e. The number of aliphatic hydroxyl groups excluding tert-OH is 1. The van der Waals surface area contributed by atoms with Gasteiger partial charge < -0.3 is 5.11 Å². The van der Waals surface area contributed by atoms with Crippen LogP contribution in [-0.4, -0.2) is 5.11 Å². The summed E-state index contributed by atoms with van der Waals surface area (Å²) in [6.07, 6.45) is 3.88. The van der Waals surface area contributed by atoms with Gasteiger partial charge in [-0.25, -0.2) is 0 Å². The van der Waals surface area contributed by atoms with E-state index in [1.165, 1.54) is 12.2 Å². The van der Waals surface area contributed by atoms with Gasteiger partial charge >= 0.3 is 0 Å². The van der Waals surface area contributed by atoms with E-state index in [9.17, 15) is 0 Å². The Morgan fingerprint density at radius 1 is 1.67 bits per heavy atom. The second-order valence-corrected chi connectivity index (χ2v) is 0.698. The molecule has 1 N–H and O–H groups in total. The lowest BCUT2D eigenvalue weighted by Gasteiger charge is -1.55. The van der Waals surface area contributed by atoms with Crippen LogP contribution in [-0.2, 0) is 0 Å². The van der Waals surface area contributed by atoms with E-state index in [1.807, 2.05) is 0 Å². The van der Waals surface area contributed by atoms with Crippen molar-refractivity contribution >= 4 is 0 Å². The molecule has 0 aliphatic heterocycles. The second kappa shape index (κ2) is 4.06. The Morgan fingerprint density at radius 2 is 2.33 bits per heavy atom. The number of rotatable bonds is 1. The zero-order valence-electron chi connectivity index (χ0n) is 3.39. The molecule has 0 aliphatic rings. The average molecular weight is 82.1 g/mol. The van der Waals surface area contributed by atoms with E-state index in [-0.39, 0.29) is 0 Å². The van der Waals surface area contributed by atoms with Gasteiger partial charge in [-0.15, -0.1) is 0 Å². The number of hydrogen-bond acceptors (Lipinski definition) is 1. The first-order valence-electron chi connectivity index (χ1n) is 1.58. The molecule has 0 heterocycles. The lowest BCUT2D eigenvalue weighted by atomic mass is 10.6. The molecule has 0 aromatic rings. The molecule has 1 heteroatoms. The first kappa shape index (κ1) is 5.06. The molecule has 0 aromatic carbocycles. The molecule has 0 saturated heterocycles. The highest BCUT2D eigenvalue weighted by Crippen LogP contribution is 1.61. The van der Waals surface area contributed by atoms with Crippen LogP contribution < -0.4 is 0 Å². The third-order valence-corrected chi connectivity index (χ3v) is 0.289. The zero-order valence-corrected chi connectivity index (χ0v) is 3.39. The first-order valence-corrected chi connectivity index (χ1v) is 1.58. The summed E-state index contributed by atoms with van der Waals surface area (Å²) >= 11 is 0. The van der Waals surface area contributed by atoms with Crippen molar-refractivity contribution in [1.29, 1.82) is 0 Å². The van der Waals surface area contributed by atoms with Gasteiger partial charge in [0.05, 0.1) is 0 Å². The van der Waals surface area contributed by atoms with E-state index < -0.39 is 0 Å². The van der Waals surface area contributed by atoms with E-state index in [2.05, 4.69) is 12.3 Å². The van der Waals surface area contributed by atoms with Crippen LogP contribution in [0.25, 0.3) is 0 Å². The molecule has 0 aliphatic carbocycles. The number of hydrogen-bond donors (Lipinski definition) is 1. The Kier molecular flexibility index (Phi) is 3.42. The summed E-state index contributed by atoms with van der Waals surface area (Å²) in [4.78, 5) is 0. The van der Waals surface area contributed by atoms with Gasteiger partial charge in [0, 0.05) is 0 Å². The van der Waals surface area contributed by atoms with Crippen LogP contribution in [0.1, 0.15) is 0 Å². The van der Waals surface area contributed by atoms with E-state index in [0.29, 0.717) is 0 Å². The molecule has 1 nitrogen and oxygen atoms in total. The van der Waals surface area contributed by atoms with Crippen LogP contribution in [0.4, 0.5) is 0 Å². The van der Waals surface area contributed by atoms with Crippen LogP contribution in [0, 0.1) is 0 Å². The van der Waals surface area contributed by atoms with Gasteiger partial charge in [0.2, 0.25) is 0 Å². The van der Waals surface area contributed by atoms with E-state index in [4.69, 9.17) is 5.11 Å². The van der Waals surface area contributed by atoms with Crippen molar-refractivity contribution in [2.45, 2.75) is 0 Å². The Bertz CT molecular complexity index is 86.1. The maximum Gasteiger partial charge on any atom is 0.121 e. The van der Waals surface area contributed by atoms with Gasteiger partial charge in [-0.1, -0.05) is 18.4 Å². The molecule has 0 aromatic heterocycles. The molecule has 0 amide bonds. The highest BCUT2D eigenvalue weighted by molar-refractivity contribution is 4.94. The fraction of sp³-hybridized carbons (Fsp3) is 0. The molecule has 32 valence electrons. The van der Waals surface area contributed by atoms with Gasteiger partial charge in [0.25, 0.3) is 0 Å². The summed E-state index contributed by atoms with van der Waals surface area (Å²) < 4.78 is 0. The minimum Gasteiger partial charge on any atom is -0.507 e. The SMILES string of the molecule is C=CC=C=CO. The number of allylic oxidation sites excluding steroid dienone is 2. The second-order valence-electron chi connectivity index (χ2n) is 0.698. The molecule has 0 fully saturated rings.